The fourth-order valence-corrected chi connectivity index (χ4v) is 1.29. The number of amides is 1. The Morgan fingerprint density at radius 2 is 2.22 bits per heavy atom. The van der Waals surface area contributed by atoms with Crippen molar-refractivity contribution in [3.8, 4) is 0 Å². The van der Waals surface area contributed by atoms with Crippen LogP contribution in [0.4, 0.5) is 4.79 Å². The van der Waals surface area contributed by atoms with Crippen LogP contribution >= 0.6 is 0 Å². The van der Waals surface area contributed by atoms with Gasteiger partial charge in [-0.3, -0.25) is 0 Å². The van der Waals surface area contributed by atoms with Gasteiger partial charge in [0.1, 0.15) is 5.84 Å². The lowest BCUT2D eigenvalue weighted by Gasteiger charge is -2.22. The van der Waals surface area contributed by atoms with Crippen LogP contribution in [0.15, 0.2) is 16.8 Å². The Morgan fingerprint density at radius 3 is 2.67 bits per heavy atom. The maximum absolute atomic E-state index is 11.6. The van der Waals surface area contributed by atoms with Crippen LogP contribution in [0.25, 0.3) is 0 Å². The molecule has 0 saturated heterocycles. The Hall–Kier alpha value is -2.05. The number of nitrogens with zero attached hydrogens (tertiary/aromatic N) is 2. The molecule has 1 amide bonds. The molecule has 0 saturated carbocycles. The average Bonchev–Trinajstić information content (AvgIpc) is 2.35. The third kappa shape index (κ3) is 3.76. The molecule has 1 rings (SSSR count). The van der Waals surface area contributed by atoms with E-state index in [-0.39, 0.29) is 24.8 Å². The SMILES string of the molecule is CC(C)C(N)=NOC(=O)C1=CCN(C(=O)O)CC1. The molecule has 0 unspecified atom stereocenters. The van der Waals surface area contributed by atoms with E-state index in [0.29, 0.717) is 12.0 Å². The van der Waals surface area contributed by atoms with Crippen LogP contribution in [0.1, 0.15) is 20.3 Å². The second kappa shape index (κ2) is 6.04. The van der Waals surface area contributed by atoms with Gasteiger partial charge in [-0.05, 0) is 6.42 Å². The zero-order chi connectivity index (χ0) is 13.7. The van der Waals surface area contributed by atoms with E-state index in [4.69, 9.17) is 15.7 Å². The van der Waals surface area contributed by atoms with Gasteiger partial charge in [0.2, 0.25) is 0 Å². The van der Waals surface area contributed by atoms with Crippen LogP contribution in [-0.2, 0) is 9.63 Å². The molecule has 0 radical (unpaired) electrons. The third-order valence-electron chi connectivity index (χ3n) is 2.57. The first-order valence-electron chi connectivity index (χ1n) is 5.63. The fourth-order valence-electron chi connectivity index (χ4n) is 1.29. The van der Waals surface area contributed by atoms with Crippen molar-refractivity contribution >= 4 is 17.9 Å². The number of rotatable bonds is 3. The lowest BCUT2D eigenvalue weighted by Crippen LogP contribution is -2.34. The molecule has 7 nitrogen and oxygen atoms in total. The summed E-state index contributed by atoms with van der Waals surface area (Å²) in [7, 11) is 0. The molecular formula is C11H17N3O4. The van der Waals surface area contributed by atoms with Gasteiger partial charge < -0.3 is 20.6 Å². The number of carboxylic acid groups (broad SMARTS) is 1. The maximum atomic E-state index is 11.6. The summed E-state index contributed by atoms with van der Waals surface area (Å²) in [6, 6.07) is 0. The lowest BCUT2D eigenvalue weighted by molar-refractivity contribution is -0.139. The van der Waals surface area contributed by atoms with Crippen LogP contribution in [0, 0.1) is 5.92 Å². The smallest absolute Gasteiger partial charge is 0.407 e. The van der Waals surface area contributed by atoms with Gasteiger partial charge in [-0.1, -0.05) is 25.1 Å². The summed E-state index contributed by atoms with van der Waals surface area (Å²) in [5.74, 6) is -0.337. The van der Waals surface area contributed by atoms with E-state index < -0.39 is 12.1 Å². The number of hydrogen-bond donors (Lipinski definition) is 2. The summed E-state index contributed by atoms with van der Waals surface area (Å²) in [4.78, 5) is 28.1. The molecule has 1 aliphatic rings. The molecule has 0 aliphatic carbocycles. The molecule has 3 N–H and O–H groups in total. The van der Waals surface area contributed by atoms with Crippen molar-refractivity contribution in [2.75, 3.05) is 13.1 Å². The second-order valence-electron chi connectivity index (χ2n) is 4.26. The summed E-state index contributed by atoms with van der Waals surface area (Å²) in [6.45, 7) is 4.12. The van der Waals surface area contributed by atoms with E-state index in [1.165, 1.54) is 11.0 Å². The highest BCUT2D eigenvalue weighted by Gasteiger charge is 2.21. The van der Waals surface area contributed by atoms with Gasteiger partial charge in [0.05, 0.1) is 0 Å². The van der Waals surface area contributed by atoms with E-state index in [2.05, 4.69) is 5.16 Å². The zero-order valence-corrected chi connectivity index (χ0v) is 10.4. The molecule has 100 valence electrons. The van der Waals surface area contributed by atoms with Gasteiger partial charge in [-0.15, -0.1) is 0 Å². The van der Waals surface area contributed by atoms with E-state index in [0.717, 1.165) is 0 Å². The number of carbonyl (C=O) groups is 2. The van der Waals surface area contributed by atoms with E-state index in [1.807, 2.05) is 13.8 Å². The molecule has 0 aromatic carbocycles. The van der Waals surface area contributed by atoms with E-state index in [1.54, 1.807) is 0 Å². The molecule has 0 spiro atoms. The van der Waals surface area contributed by atoms with Crippen molar-refractivity contribution < 1.29 is 19.5 Å². The summed E-state index contributed by atoms with van der Waals surface area (Å²) in [5.41, 5.74) is 5.95. The highest BCUT2D eigenvalue weighted by Crippen LogP contribution is 2.12. The second-order valence-corrected chi connectivity index (χ2v) is 4.26. The summed E-state index contributed by atoms with van der Waals surface area (Å²) in [5, 5.41) is 12.3. The first-order valence-corrected chi connectivity index (χ1v) is 5.63. The third-order valence-corrected chi connectivity index (χ3v) is 2.57. The lowest BCUT2D eigenvalue weighted by atomic mass is 10.1. The Balaban J connectivity index is 2.54. The molecule has 1 heterocycles. The van der Waals surface area contributed by atoms with Gasteiger partial charge in [-0.2, -0.15) is 0 Å². The predicted molar refractivity (Wildman–Crippen MR) is 64.9 cm³/mol. The maximum Gasteiger partial charge on any atom is 0.407 e. The average molecular weight is 255 g/mol. The van der Waals surface area contributed by atoms with Crippen molar-refractivity contribution in [2.24, 2.45) is 16.8 Å². The van der Waals surface area contributed by atoms with Crippen molar-refractivity contribution in [3.63, 3.8) is 0 Å². The first kappa shape index (κ1) is 14.0. The standard InChI is InChI=1S/C11H17N3O4/c1-7(2)9(12)13-18-10(15)8-3-5-14(6-4-8)11(16)17/h3,7H,4-6H2,1-2H3,(H2,12,13)(H,16,17). The molecule has 0 atom stereocenters. The normalized spacial score (nSPS) is 16.5. The van der Waals surface area contributed by atoms with Crippen molar-refractivity contribution in [3.05, 3.63) is 11.6 Å². The predicted octanol–water partition coefficient (Wildman–Crippen LogP) is 0.768. The van der Waals surface area contributed by atoms with E-state index >= 15 is 0 Å². The number of amidine groups is 1. The van der Waals surface area contributed by atoms with Crippen LogP contribution in [0.2, 0.25) is 0 Å². The molecular weight excluding hydrogens is 238 g/mol. The van der Waals surface area contributed by atoms with Gasteiger partial charge in [0.25, 0.3) is 0 Å². The van der Waals surface area contributed by atoms with Crippen LogP contribution in [0.3, 0.4) is 0 Å². The van der Waals surface area contributed by atoms with Crippen LogP contribution in [0.5, 0.6) is 0 Å². The number of hydrogen-bond acceptors (Lipinski definition) is 4. The molecule has 7 heteroatoms. The van der Waals surface area contributed by atoms with Crippen molar-refractivity contribution in [2.45, 2.75) is 20.3 Å². The van der Waals surface area contributed by atoms with Crippen molar-refractivity contribution in [1.82, 2.24) is 4.90 Å². The number of nitrogens with two attached hydrogens (primary N) is 1. The Morgan fingerprint density at radius 1 is 1.56 bits per heavy atom. The van der Waals surface area contributed by atoms with Gasteiger partial charge in [0.15, 0.2) is 0 Å². The first-order chi connectivity index (χ1) is 8.41. The molecule has 18 heavy (non-hydrogen) atoms. The van der Waals surface area contributed by atoms with Gasteiger partial charge >= 0.3 is 12.1 Å². The topological polar surface area (TPSA) is 105 Å². The van der Waals surface area contributed by atoms with Crippen molar-refractivity contribution in [1.29, 1.82) is 0 Å². The zero-order valence-electron chi connectivity index (χ0n) is 10.4. The Kier molecular flexibility index (Phi) is 4.70. The summed E-state index contributed by atoms with van der Waals surface area (Å²) >= 11 is 0. The fraction of sp³-hybridized carbons (Fsp3) is 0.545. The minimum Gasteiger partial charge on any atom is -0.465 e. The molecule has 0 bridgehead atoms. The number of carbonyl (C=O) groups excluding carboxylic acids is 1. The largest absolute Gasteiger partial charge is 0.465 e. The quantitative estimate of drug-likeness (QED) is 0.335. The molecule has 0 aromatic heterocycles. The molecule has 1 aliphatic heterocycles. The Labute approximate surface area is 105 Å². The summed E-state index contributed by atoms with van der Waals surface area (Å²) < 4.78 is 0. The van der Waals surface area contributed by atoms with Crippen LogP contribution < -0.4 is 5.73 Å². The van der Waals surface area contributed by atoms with Gasteiger partial charge in [-0.25, -0.2) is 9.59 Å². The monoisotopic (exact) mass is 255 g/mol. The number of oxime groups is 1. The van der Waals surface area contributed by atoms with E-state index in [9.17, 15) is 9.59 Å². The van der Waals surface area contributed by atoms with Gasteiger partial charge in [0, 0.05) is 24.6 Å². The van der Waals surface area contributed by atoms with Crippen LogP contribution in [-0.4, -0.2) is 41.0 Å². The molecule has 0 aromatic rings. The summed E-state index contributed by atoms with van der Waals surface area (Å²) in [6.07, 6.45) is 0.851. The molecule has 0 fully saturated rings. The highest BCUT2D eigenvalue weighted by atomic mass is 16.7. The minimum absolute atomic E-state index is 0.000590. The highest BCUT2D eigenvalue weighted by molar-refractivity contribution is 5.90. The minimum atomic E-state index is -0.999. The Bertz CT molecular complexity index is 401.